The number of hydrogen-bond acceptors (Lipinski definition) is 2. The van der Waals surface area contributed by atoms with Crippen molar-refractivity contribution in [3.05, 3.63) is 52.6 Å². The van der Waals surface area contributed by atoms with Crippen molar-refractivity contribution in [2.45, 2.75) is 19.2 Å². The van der Waals surface area contributed by atoms with E-state index >= 15 is 0 Å². The first kappa shape index (κ1) is 16.7. The minimum absolute atomic E-state index is 0.175. The maximum absolute atomic E-state index is 13.0. The first-order chi connectivity index (χ1) is 11.3. The summed E-state index contributed by atoms with van der Waals surface area (Å²) in [7, 11) is 1.56. The summed E-state index contributed by atoms with van der Waals surface area (Å²) in [5.74, 6) is 0.873. The normalized spacial score (nSPS) is 16.5. The molecule has 2 aromatic rings. The van der Waals surface area contributed by atoms with E-state index in [1.165, 1.54) is 6.08 Å². The van der Waals surface area contributed by atoms with Crippen molar-refractivity contribution in [2.75, 3.05) is 7.11 Å². The molecule has 0 fully saturated rings. The van der Waals surface area contributed by atoms with Gasteiger partial charge >= 0.3 is 6.18 Å². The second-order valence-electron chi connectivity index (χ2n) is 5.50. The minimum Gasteiger partial charge on any atom is -0.496 e. The van der Waals surface area contributed by atoms with Gasteiger partial charge in [-0.3, -0.25) is 0 Å². The fourth-order valence-electron chi connectivity index (χ4n) is 2.66. The van der Waals surface area contributed by atoms with E-state index in [1.54, 1.807) is 31.4 Å². The summed E-state index contributed by atoms with van der Waals surface area (Å²) in [5, 5.41) is 0.427. The lowest BCUT2D eigenvalue weighted by molar-refractivity contribution is -0.180. The van der Waals surface area contributed by atoms with Crippen LogP contribution in [0.5, 0.6) is 11.5 Å². The van der Waals surface area contributed by atoms with Crippen molar-refractivity contribution in [3.63, 3.8) is 0 Å². The van der Waals surface area contributed by atoms with Crippen LogP contribution in [0.2, 0.25) is 5.02 Å². The topological polar surface area (TPSA) is 18.5 Å². The second kappa shape index (κ2) is 6.06. The SMILES string of the molecule is COc1ccc(-c2cc(Cl)cc3c2OC(C(F)(F)F)C=C3)cc1C. The summed E-state index contributed by atoms with van der Waals surface area (Å²) in [4.78, 5) is 0. The molecule has 0 aromatic heterocycles. The van der Waals surface area contributed by atoms with Crippen LogP contribution in [0, 0.1) is 6.92 Å². The van der Waals surface area contributed by atoms with Crippen LogP contribution in [0.25, 0.3) is 17.2 Å². The van der Waals surface area contributed by atoms with E-state index in [0.717, 1.165) is 11.6 Å². The highest BCUT2D eigenvalue weighted by Crippen LogP contribution is 2.42. The molecular formula is C18H14ClF3O2. The molecule has 0 saturated carbocycles. The van der Waals surface area contributed by atoms with Gasteiger partial charge in [0.1, 0.15) is 11.5 Å². The van der Waals surface area contributed by atoms with Crippen molar-refractivity contribution in [3.8, 4) is 22.6 Å². The first-order valence-corrected chi connectivity index (χ1v) is 7.57. The summed E-state index contributed by atoms with van der Waals surface area (Å²) in [6, 6.07) is 8.54. The summed E-state index contributed by atoms with van der Waals surface area (Å²) in [5.41, 5.74) is 2.61. The van der Waals surface area contributed by atoms with Gasteiger partial charge in [-0.15, -0.1) is 0 Å². The Hall–Kier alpha value is -2.14. The Kier molecular flexibility index (Phi) is 4.22. The number of alkyl halides is 3. The van der Waals surface area contributed by atoms with Crippen molar-refractivity contribution in [1.82, 2.24) is 0 Å². The molecule has 1 aliphatic heterocycles. The first-order valence-electron chi connectivity index (χ1n) is 7.19. The summed E-state index contributed by atoms with van der Waals surface area (Å²) in [6.07, 6.45) is -4.06. The van der Waals surface area contributed by atoms with E-state index in [2.05, 4.69) is 0 Å². The average molecular weight is 355 g/mol. The standard InChI is InChI=1S/C18H14ClF3O2/c1-10-7-11(3-5-15(10)23-2)14-9-13(19)8-12-4-6-16(18(20,21)22)24-17(12)14/h3-9,16H,1-2H3. The Labute approximate surface area is 142 Å². The van der Waals surface area contributed by atoms with Crippen molar-refractivity contribution >= 4 is 17.7 Å². The van der Waals surface area contributed by atoms with Crippen LogP contribution in [0.15, 0.2) is 36.4 Å². The third kappa shape index (κ3) is 3.08. The lowest BCUT2D eigenvalue weighted by Gasteiger charge is -2.26. The average Bonchev–Trinajstić information content (AvgIpc) is 2.52. The van der Waals surface area contributed by atoms with Crippen LogP contribution < -0.4 is 9.47 Å². The number of aryl methyl sites for hydroxylation is 1. The molecule has 6 heteroatoms. The molecular weight excluding hydrogens is 341 g/mol. The predicted molar refractivity (Wildman–Crippen MR) is 87.7 cm³/mol. The number of halogens is 4. The number of hydrogen-bond donors (Lipinski definition) is 0. The van der Waals surface area contributed by atoms with Crippen molar-refractivity contribution < 1.29 is 22.6 Å². The molecule has 1 heterocycles. The maximum atomic E-state index is 13.0. The smallest absolute Gasteiger partial charge is 0.429 e. The van der Waals surface area contributed by atoms with Gasteiger partial charge in [-0.1, -0.05) is 23.7 Å². The van der Waals surface area contributed by atoms with E-state index in [-0.39, 0.29) is 5.75 Å². The predicted octanol–water partition coefficient (Wildman–Crippen LogP) is 5.66. The van der Waals surface area contributed by atoms with Crippen LogP contribution >= 0.6 is 11.6 Å². The van der Waals surface area contributed by atoms with Crippen molar-refractivity contribution in [1.29, 1.82) is 0 Å². The molecule has 126 valence electrons. The van der Waals surface area contributed by atoms with Gasteiger partial charge in [0.25, 0.3) is 0 Å². The Bertz CT molecular complexity index is 813. The van der Waals surface area contributed by atoms with Crippen LogP contribution in [-0.4, -0.2) is 19.4 Å². The fourth-order valence-corrected chi connectivity index (χ4v) is 2.89. The van der Waals surface area contributed by atoms with Gasteiger partial charge in [0.15, 0.2) is 0 Å². The highest BCUT2D eigenvalue weighted by molar-refractivity contribution is 6.31. The van der Waals surface area contributed by atoms with E-state index in [4.69, 9.17) is 21.1 Å². The molecule has 0 spiro atoms. The molecule has 0 N–H and O–H groups in total. The molecule has 24 heavy (non-hydrogen) atoms. The van der Waals surface area contributed by atoms with Crippen LogP contribution in [0.3, 0.4) is 0 Å². The zero-order chi connectivity index (χ0) is 17.5. The van der Waals surface area contributed by atoms with Gasteiger partial charge in [-0.2, -0.15) is 13.2 Å². The Morgan fingerprint density at radius 3 is 2.54 bits per heavy atom. The molecule has 3 rings (SSSR count). The fraction of sp³-hybridized carbons (Fsp3) is 0.222. The summed E-state index contributed by atoms with van der Waals surface area (Å²) in [6.45, 7) is 1.86. The zero-order valence-electron chi connectivity index (χ0n) is 12.9. The van der Waals surface area contributed by atoms with E-state index in [0.29, 0.717) is 27.5 Å². The number of fused-ring (bicyclic) bond motifs is 1. The molecule has 0 aliphatic carbocycles. The molecule has 2 aromatic carbocycles. The molecule has 0 saturated heterocycles. The lowest BCUT2D eigenvalue weighted by Crippen LogP contribution is -2.34. The van der Waals surface area contributed by atoms with E-state index in [1.807, 2.05) is 13.0 Å². The highest BCUT2D eigenvalue weighted by atomic mass is 35.5. The quantitative estimate of drug-likeness (QED) is 0.692. The van der Waals surface area contributed by atoms with E-state index in [9.17, 15) is 13.2 Å². The van der Waals surface area contributed by atoms with Gasteiger partial charge < -0.3 is 9.47 Å². The summed E-state index contributed by atoms with van der Waals surface area (Å²) < 4.78 is 49.4. The van der Waals surface area contributed by atoms with Gasteiger partial charge in [0.05, 0.1) is 7.11 Å². The number of benzene rings is 2. The van der Waals surface area contributed by atoms with E-state index < -0.39 is 12.3 Å². The maximum Gasteiger partial charge on any atom is 0.429 e. The Balaban J connectivity index is 2.12. The zero-order valence-corrected chi connectivity index (χ0v) is 13.7. The molecule has 2 nitrogen and oxygen atoms in total. The number of rotatable bonds is 2. The molecule has 0 bridgehead atoms. The minimum atomic E-state index is -4.47. The van der Waals surface area contributed by atoms with Crippen LogP contribution in [0.1, 0.15) is 11.1 Å². The van der Waals surface area contributed by atoms with Crippen LogP contribution in [-0.2, 0) is 0 Å². The van der Waals surface area contributed by atoms with Gasteiger partial charge in [0, 0.05) is 16.1 Å². The molecule has 1 aliphatic rings. The van der Waals surface area contributed by atoms with Gasteiger partial charge in [-0.05, 0) is 48.4 Å². The third-order valence-electron chi connectivity index (χ3n) is 3.81. The Morgan fingerprint density at radius 2 is 1.92 bits per heavy atom. The molecule has 0 amide bonds. The molecule has 1 unspecified atom stereocenters. The monoisotopic (exact) mass is 354 g/mol. The lowest BCUT2D eigenvalue weighted by atomic mass is 9.97. The van der Waals surface area contributed by atoms with Gasteiger partial charge in [0.2, 0.25) is 6.10 Å². The molecule has 0 radical (unpaired) electrons. The largest absolute Gasteiger partial charge is 0.496 e. The highest BCUT2D eigenvalue weighted by Gasteiger charge is 2.42. The number of methoxy groups -OCH3 is 1. The summed E-state index contributed by atoms with van der Waals surface area (Å²) >= 11 is 6.12. The number of ether oxygens (including phenoxy) is 2. The second-order valence-corrected chi connectivity index (χ2v) is 5.93. The third-order valence-corrected chi connectivity index (χ3v) is 4.02. The Morgan fingerprint density at radius 1 is 1.17 bits per heavy atom. The van der Waals surface area contributed by atoms with Crippen molar-refractivity contribution in [2.24, 2.45) is 0 Å². The van der Waals surface area contributed by atoms with Crippen LogP contribution in [0.4, 0.5) is 13.2 Å². The van der Waals surface area contributed by atoms with Gasteiger partial charge in [-0.25, -0.2) is 0 Å². The molecule has 1 atom stereocenters.